The van der Waals surface area contributed by atoms with Crippen molar-refractivity contribution in [2.45, 2.75) is 44.4 Å². The molecule has 2 aromatic heterocycles. The molecule has 2 aliphatic rings. The Bertz CT molecular complexity index is 1610. The van der Waals surface area contributed by atoms with Crippen LogP contribution in [0.3, 0.4) is 0 Å². The summed E-state index contributed by atoms with van der Waals surface area (Å²) in [6.45, 7) is 4.07. The van der Waals surface area contributed by atoms with Crippen LogP contribution in [0.2, 0.25) is 5.02 Å². The van der Waals surface area contributed by atoms with Gasteiger partial charge in [-0.3, -0.25) is 0 Å². The van der Waals surface area contributed by atoms with Gasteiger partial charge in [-0.1, -0.05) is 11.6 Å². The number of alkyl carbamates (subject to hydrolysis) is 1. The van der Waals surface area contributed by atoms with Gasteiger partial charge in [-0.15, -0.1) is 5.10 Å². The van der Waals surface area contributed by atoms with Crippen molar-refractivity contribution in [1.29, 1.82) is 10.5 Å². The maximum absolute atomic E-state index is 13.5. The highest BCUT2D eigenvalue weighted by Crippen LogP contribution is 2.39. The average molecular weight is 608 g/mol. The van der Waals surface area contributed by atoms with E-state index in [-0.39, 0.29) is 41.3 Å². The highest BCUT2D eigenvalue weighted by atomic mass is 35.5. The predicted octanol–water partition coefficient (Wildman–Crippen LogP) is 2.29. The lowest BCUT2D eigenvalue weighted by atomic mass is 10.1. The average Bonchev–Trinajstić information content (AvgIpc) is 3.63. The molecule has 15 nitrogen and oxygen atoms in total. The monoisotopic (exact) mass is 607 g/mol. The van der Waals surface area contributed by atoms with E-state index < -0.39 is 24.1 Å². The molecule has 4 N–H and O–H groups in total. The Morgan fingerprint density at radius 2 is 2.12 bits per heavy atom. The van der Waals surface area contributed by atoms with Gasteiger partial charge >= 0.3 is 12.1 Å². The fraction of sp³-hybridized carbons (Fsp3) is 0.444. The number of carbonyl (C=O) groups excluding carboxylic acids is 2. The van der Waals surface area contributed by atoms with Crippen molar-refractivity contribution < 1.29 is 19.1 Å². The van der Waals surface area contributed by atoms with Gasteiger partial charge in [0, 0.05) is 26.1 Å². The SMILES string of the molecule is CCNc1nc(Nc2cc(C#N)cc(N3C[C@H](NC(=O)OC)CC3C(=O)OC3CCCNC3)c2Cl)nn2c(C#N)cnc12. The van der Waals surface area contributed by atoms with E-state index in [0.29, 0.717) is 35.9 Å². The molecular weight excluding hydrogens is 578 g/mol. The third-order valence-electron chi connectivity index (χ3n) is 7.17. The number of nitrogens with one attached hydrogen (secondary N) is 4. The molecule has 2 unspecified atom stereocenters. The Morgan fingerprint density at radius 1 is 1.28 bits per heavy atom. The van der Waals surface area contributed by atoms with E-state index in [4.69, 9.17) is 21.1 Å². The van der Waals surface area contributed by atoms with Gasteiger partial charge in [0.05, 0.1) is 47.4 Å². The summed E-state index contributed by atoms with van der Waals surface area (Å²) in [5.74, 6) is 0.0304. The number of amides is 1. The highest BCUT2D eigenvalue weighted by molar-refractivity contribution is 6.36. The molecule has 224 valence electrons. The van der Waals surface area contributed by atoms with Gasteiger partial charge in [0.2, 0.25) is 5.95 Å². The maximum atomic E-state index is 13.5. The third kappa shape index (κ3) is 6.33. The minimum atomic E-state index is -0.791. The molecule has 0 bridgehead atoms. The number of benzene rings is 1. The van der Waals surface area contributed by atoms with Crippen LogP contribution in [0.5, 0.6) is 0 Å². The molecule has 2 saturated heterocycles. The second kappa shape index (κ2) is 13.0. The summed E-state index contributed by atoms with van der Waals surface area (Å²) in [5, 5.41) is 36.1. The number of nitriles is 2. The van der Waals surface area contributed by atoms with Crippen molar-refractivity contribution in [3.63, 3.8) is 0 Å². The van der Waals surface area contributed by atoms with Crippen LogP contribution in [0, 0.1) is 22.7 Å². The quantitative estimate of drug-likeness (QED) is 0.273. The third-order valence-corrected chi connectivity index (χ3v) is 7.57. The number of nitrogens with zero attached hydrogens (tertiary/aromatic N) is 7. The molecule has 3 atom stereocenters. The molecule has 3 aromatic rings. The Morgan fingerprint density at radius 3 is 2.81 bits per heavy atom. The van der Waals surface area contributed by atoms with E-state index in [1.54, 1.807) is 11.0 Å². The Labute approximate surface area is 252 Å². The number of rotatable bonds is 8. The number of piperidine rings is 1. The van der Waals surface area contributed by atoms with Crippen LogP contribution < -0.4 is 26.2 Å². The molecule has 4 heterocycles. The van der Waals surface area contributed by atoms with Gasteiger partial charge in [-0.05, 0) is 38.4 Å². The standard InChI is InChI=1S/C27H30ClN11O4/c1-3-32-23-24-33-12-17(11-30)39(24)37-26(36-23)35-19-7-15(10-29)8-20(22(19)28)38-14-16(34-27(41)42-2)9-21(38)25(40)43-18-5-4-6-31-13-18/h7-8,12,16,18,21,31H,3-6,9,13-14H2,1-2H3,(H,34,41)(H2,32,35,36,37)/t16-,18?,21?/m1/s1. The first-order valence-electron chi connectivity index (χ1n) is 13.8. The second-order valence-electron chi connectivity index (χ2n) is 10.0. The summed E-state index contributed by atoms with van der Waals surface area (Å²) in [6.07, 6.45) is 2.38. The van der Waals surface area contributed by atoms with E-state index in [9.17, 15) is 20.1 Å². The molecule has 16 heteroatoms. The first kappa shape index (κ1) is 29.6. The van der Waals surface area contributed by atoms with Gasteiger partial charge in [-0.25, -0.2) is 14.6 Å². The summed E-state index contributed by atoms with van der Waals surface area (Å²) in [5.41, 5.74) is 1.51. The van der Waals surface area contributed by atoms with Crippen LogP contribution in [0.4, 0.5) is 27.9 Å². The Kier molecular flexibility index (Phi) is 8.94. The van der Waals surface area contributed by atoms with Gasteiger partial charge < -0.3 is 35.6 Å². The molecule has 1 aromatic carbocycles. The summed E-state index contributed by atoms with van der Waals surface area (Å²) < 4.78 is 12.0. The first-order chi connectivity index (χ1) is 20.8. The topological polar surface area (TPSA) is 195 Å². The fourth-order valence-corrected chi connectivity index (χ4v) is 5.47. The normalized spacial score (nSPS) is 19.7. The molecule has 0 aliphatic carbocycles. The number of esters is 1. The van der Waals surface area contributed by atoms with Crippen molar-refractivity contribution in [2.24, 2.45) is 0 Å². The first-order valence-corrected chi connectivity index (χ1v) is 14.2. The molecular formula is C27H30ClN11O4. The lowest BCUT2D eigenvalue weighted by Crippen LogP contribution is -2.43. The second-order valence-corrected chi connectivity index (χ2v) is 10.4. The number of hydrogen-bond acceptors (Lipinski definition) is 13. The number of carbonyl (C=O) groups is 2. The molecule has 0 radical (unpaired) electrons. The maximum Gasteiger partial charge on any atom is 0.407 e. The zero-order chi connectivity index (χ0) is 30.5. The molecule has 2 fully saturated rings. The molecule has 1 amide bonds. The fourth-order valence-electron chi connectivity index (χ4n) is 5.21. The minimum Gasteiger partial charge on any atom is -0.459 e. The zero-order valence-corrected chi connectivity index (χ0v) is 24.3. The predicted molar refractivity (Wildman–Crippen MR) is 156 cm³/mol. The van der Waals surface area contributed by atoms with E-state index >= 15 is 0 Å². The number of aromatic nitrogens is 4. The van der Waals surface area contributed by atoms with Crippen LogP contribution in [-0.4, -0.2) is 83.1 Å². The van der Waals surface area contributed by atoms with Crippen LogP contribution in [0.25, 0.3) is 5.65 Å². The van der Waals surface area contributed by atoms with Crippen molar-refractivity contribution in [1.82, 2.24) is 30.2 Å². The molecule has 5 rings (SSSR count). The summed E-state index contributed by atoms with van der Waals surface area (Å²) in [4.78, 5) is 36.0. The number of hydrogen-bond donors (Lipinski definition) is 4. The van der Waals surface area contributed by atoms with Crippen molar-refractivity contribution >= 4 is 52.5 Å². The minimum absolute atomic E-state index is 0.0910. The Balaban J connectivity index is 1.51. The number of fused-ring (bicyclic) bond motifs is 1. The van der Waals surface area contributed by atoms with E-state index in [1.807, 2.05) is 13.0 Å². The van der Waals surface area contributed by atoms with Gasteiger partial charge in [-0.2, -0.15) is 20.0 Å². The van der Waals surface area contributed by atoms with E-state index in [2.05, 4.69) is 42.4 Å². The summed E-state index contributed by atoms with van der Waals surface area (Å²) >= 11 is 6.94. The van der Waals surface area contributed by atoms with Gasteiger partial charge in [0.1, 0.15) is 18.2 Å². The van der Waals surface area contributed by atoms with Crippen molar-refractivity contribution in [3.8, 4) is 12.1 Å². The smallest absolute Gasteiger partial charge is 0.407 e. The molecule has 0 saturated carbocycles. The van der Waals surface area contributed by atoms with Crippen molar-refractivity contribution in [2.75, 3.05) is 48.8 Å². The largest absolute Gasteiger partial charge is 0.459 e. The molecule has 0 spiro atoms. The number of imidazole rings is 1. The lowest BCUT2D eigenvalue weighted by Gasteiger charge is -2.30. The molecule has 43 heavy (non-hydrogen) atoms. The number of anilines is 4. The zero-order valence-electron chi connectivity index (χ0n) is 23.6. The van der Waals surface area contributed by atoms with E-state index in [0.717, 1.165) is 19.4 Å². The van der Waals surface area contributed by atoms with Crippen molar-refractivity contribution in [3.05, 3.63) is 34.6 Å². The summed E-state index contributed by atoms with van der Waals surface area (Å²) in [6, 6.07) is 6.04. The molecule has 2 aliphatic heterocycles. The van der Waals surface area contributed by atoms with Gasteiger partial charge in [0.25, 0.3) is 0 Å². The van der Waals surface area contributed by atoms with Crippen LogP contribution >= 0.6 is 11.6 Å². The summed E-state index contributed by atoms with van der Waals surface area (Å²) in [7, 11) is 1.26. The van der Waals surface area contributed by atoms with Crippen LogP contribution in [-0.2, 0) is 14.3 Å². The van der Waals surface area contributed by atoms with Crippen LogP contribution in [0.1, 0.15) is 37.4 Å². The number of ether oxygens (including phenoxy) is 2. The number of methoxy groups -OCH3 is 1. The van der Waals surface area contributed by atoms with Gasteiger partial charge in [0.15, 0.2) is 17.2 Å². The highest BCUT2D eigenvalue weighted by Gasteiger charge is 2.41. The lowest BCUT2D eigenvalue weighted by molar-refractivity contribution is -0.151. The van der Waals surface area contributed by atoms with E-state index in [1.165, 1.54) is 23.9 Å². The van der Waals surface area contributed by atoms with Crippen LogP contribution in [0.15, 0.2) is 18.3 Å². The Hall–Kier alpha value is -4.86. The number of halogens is 1.